The third kappa shape index (κ3) is 6.27. The summed E-state index contributed by atoms with van der Waals surface area (Å²) < 4.78 is 24.0. The first-order valence-corrected chi connectivity index (χ1v) is 7.86. The van der Waals surface area contributed by atoms with Gasteiger partial charge in [0.1, 0.15) is 17.3 Å². The molecule has 3 N–H and O–H groups in total. The number of methoxy groups -OCH3 is 1. The Kier molecular flexibility index (Phi) is 6.97. The predicted octanol–water partition coefficient (Wildman–Crippen LogP) is 2.62. The van der Waals surface area contributed by atoms with Gasteiger partial charge < -0.3 is 14.8 Å². The smallest absolute Gasteiger partial charge is 0.241 e. The Bertz CT molecular complexity index is 725. The Morgan fingerprint density at radius 1 is 1.08 bits per heavy atom. The van der Waals surface area contributed by atoms with Crippen molar-refractivity contribution in [3.8, 4) is 11.5 Å². The van der Waals surface area contributed by atoms with Crippen LogP contribution in [0.5, 0.6) is 11.5 Å². The molecule has 2 aromatic rings. The monoisotopic (exact) mass is 363 g/mol. The lowest BCUT2D eigenvalue weighted by Gasteiger charge is -2.12. The fraction of sp³-hybridized carbons (Fsp3) is 0.176. The SMILES string of the molecule is COc1ccc(OCCC(=O)NNC(=S)Nc2ccccc2F)cc1. The maximum atomic E-state index is 13.5. The van der Waals surface area contributed by atoms with Crippen molar-refractivity contribution in [2.24, 2.45) is 0 Å². The number of rotatable bonds is 6. The fourth-order valence-corrected chi connectivity index (χ4v) is 2.00. The van der Waals surface area contributed by atoms with Crippen molar-refractivity contribution in [3.63, 3.8) is 0 Å². The third-order valence-corrected chi connectivity index (χ3v) is 3.30. The Balaban J connectivity index is 1.66. The van der Waals surface area contributed by atoms with Crippen LogP contribution in [0.3, 0.4) is 0 Å². The van der Waals surface area contributed by atoms with E-state index in [1.807, 2.05) is 0 Å². The molecule has 0 aliphatic heterocycles. The van der Waals surface area contributed by atoms with Gasteiger partial charge in [-0.25, -0.2) is 4.39 Å². The zero-order valence-electron chi connectivity index (χ0n) is 13.5. The van der Waals surface area contributed by atoms with Crippen molar-refractivity contribution in [3.05, 3.63) is 54.3 Å². The Hall–Kier alpha value is -2.87. The number of para-hydroxylation sites is 1. The summed E-state index contributed by atoms with van der Waals surface area (Å²) in [7, 11) is 1.58. The van der Waals surface area contributed by atoms with Crippen LogP contribution in [0.15, 0.2) is 48.5 Å². The van der Waals surface area contributed by atoms with Gasteiger partial charge in [0.15, 0.2) is 5.11 Å². The van der Waals surface area contributed by atoms with E-state index in [9.17, 15) is 9.18 Å². The highest BCUT2D eigenvalue weighted by atomic mass is 32.1. The van der Waals surface area contributed by atoms with Gasteiger partial charge in [-0.15, -0.1) is 0 Å². The van der Waals surface area contributed by atoms with Gasteiger partial charge in [-0.05, 0) is 48.6 Å². The van der Waals surface area contributed by atoms with Crippen LogP contribution in [0.25, 0.3) is 0 Å². The van der Waals surface area contributed by atoms with Crippen molar-refractivity contribution in [2.75, 3.05) is 19.0 Å². The molecule has 1 amide bonds. The standard InChI is InChI=1S/C17H18FN3O3S/c1-23-12-6-8-13(9-7-12)24-11-10-16(22)20-21-17(25)19-15-5-3-2-4-14(15)18/h2-9H,10-11H2,1H3,(H,20,22)(H2,19,21,25). The normalized spacial score (nSPS) is 9.84. The molecule has 0 spiro atoms. The molecule has 0 aromatic heterocycles. The third-order valence-electron chi connectivity index (χ3n) is 3.09. The first-order chi connectivity index (χ1) is 12.1. The number of benzene rings is 2. The first-order valence-electron chi connectivity index (χ1n) is 7.45. The maximum absolute atomic E-state index is 13.5. The molecule has 0 aliphatic rings. The minimum atomic E-state index is -0.439. The number of hydrogen-bond acceptors (Lipinski definition) is 4. The number of hydrazine groups is 1. The van der Waals surface area contributed by atoms with E-state index in [4.69, 9.17) is 21.7 Å². The molecule has 8 heteroatoms. The van der Waals surface area contributed by atoms with E-state index in [1.54, 1.807) is 43.5 Å². The number of carbonyl (C=O) groups is 1. The minimum Gasteiger partial charge on any atom is -0.497 e. The van der Waals surface area contributed by atoms with Crippen LogP contribution in [0.1, 0.15) is 6.42 Å². The second kappa shape index (κ2) is 9.43. The van der Waals surface area contributed by atoms with Crippen LogP contribution in [-0.4, -0.2) is 24.7 Å². The number of anilines is 1. The summed E-state index contributed by atoms with van der Waals surface area (Å²) in [6.07, 6.45) is 0.126. The van der Waals surface area contributed by atoms with Crippen LogP contribution in [-0.2, 0) is 4.79 Å². The highest BCUT2D eigenvalue weighted by Gasteiger charge is 2.05. The Morgan fingerprint density at radius 3 is 2.44 bits per heavy atom. The fourth-order valence-electron chi connectivity index (χ4n) is 1.84. The molecule has 0 heterocycles. The van der Waals surface area contributed by atoms with Gasteiger partial charge >= 0.3 is 0 Å². The van der Waals surface area contributed by atoms with E-state index in [0.717, 1.165) is 5.75 Å². The van der Waals surface area contributed by atoms with E-state index in [1.165, 1.54) is 12.1 Å². The van der Waals surface area contributed by atoms with E-state index in [0.29, 0.717) is 5.75 Å². The maximum Gasteiger partial charge on any atom is 0.241 e. The molecule has 0 radical (unpaired) electrons. The molecule has 2 rings (SSSR count). The van der Waals surface area contributed by atoms with Crippen molar-refractivity contribution >= 4 is 28.9 Å². The zero-order chi connectivity index (χ0) is 18.1. The van der Waals surface area contributed by atoms with Crippen LogP contribution >= 0.6 is 12.2 Å². The molecule has 0 unspecified atom stereocenters. The first kappa shape index (κ1) is 18.5. The van der Waals surface area contributed by atoms with Crippen LogP contribution in [0, 0.1) is 5.82 Å². The van der Waals surface area contributed by atoms with Gasteiger partial charge in [-0.1, -0.05) is 12.1 Å². The molecule has 6 nitrogen and oxygen atoms in total. The van der Waals surface area contributed by atoms with E-state index in [2.05, 4.69) is 16.2 Å². The van der Waals surface area contributed by atoms with Crippen molar-refractivity contribution in [1.82, 2.24) is 10.9 Å². The Morgan fingerprint density at radius 2 is 1.76 bits per heavy atom. The van der Waals surface area contributed by atoms with Gasteiger partial charge in [0.2, 0.25) is 5.91 Å². The minimum absolute atomic E-state index is 0.0783. The lowest BCUT2D eigenvalue weighted by atomic mass is 10.3. The second-order valence-corrected chi connectivity index (χ2v) is 5.29. The summed E-state index contributed by atoms with van der Waals surface area (Å²) in [6, 6.07) is 13.1. The van der Waals surface area contributed by atoms with Gasteiger partial charge in [-0.2, -0.15) is 0 Å². The summed E-state index contributed by atoms with van der Waals surface area (Å²) in [5.74, 6) is 0.612. The second-order valence-electron chi connectivity index (χ2n) is 4.88. The lowest BCUT2D eigenvalue weighted by Crippen LogP contribution is -2.44. The molecular formula is C17H18FN3O3S. The molecule has 0 atom stereocenters. The van der Waals surface area contributed by atoms with E-state index in [-0.39, 0.29) is 29.7 Å². The summed E-state index contributed by atoms with van der Waals surface area (Å²) in [4.78, 5) is 11.7. The van der Waals surface area contributed by atoms with Crippen LogP contribution < -0.4 is 25.6 Å². The topological polar surface area (TPSA) is 71.6 Å². The molecule has 0 fully saturated rings. The zero-order valence-corrected chi connectivity index (χ0v) is 14.4. The molecule has 0 saturated carbocycles. The quantitative estimate of drug-likeness (QED) is 0.541. The number of hydrogen-bond donors (Lipinski definition) is 3. The summed E-state index contributed by atoms with van der Waals surface area (Å²) in [6.45, 7) is 0.202. The average molecular weight is 363 g/mol. The van der Waals surface area contributed by atoms with Crippen molar-refractivity contribution in [2.45, 2.75) is 6.42 Å². The summed E-state index contributed by atoms with van der Waals surface area (Å²) in [5.41, 5.74) is 5.14. The number of carbonyl (C=O) groups excluding carboxylic acids is 1. The Labute approximate surface area is 150 Å². The molecule has 132 valence electrons. The molecule has 0 aliphatic carbocycles. The lowest BCUT2D eigenvalue weighted by molar-refractivity contribution is -0.122. The molecule has 0 saturated heterocycles. The van der Waals surface area contributed by atoms with Crippen LogP contribution in [0.2, 0.25) is 0 Å². The summed E-state index contributed by atoms with van der Waals surface area (Å²) >= 11 is 4.98. The average Bonchev–Trinajstić information content (AvgIpc) is 2.62. The van der Waals surface area contributed by atoms with Gasteiger partial charge in [-0.3, -0.25) is 15.6 Å². The number of thiocarbonyl (C=S) groups is 1. The molecular weight excluding hydrogens is 345 g/mol. The van der Waals surface area contributed by atoms with Gasteiger partial charge in [0.05, 0.1) is 25.8 Å². The molecule has 25 heavy (non-hydrogen) atoms. The van der Waals surface area contributed by atoms with Gasteiger partial charge in [0.25, 0.3) is 0 Å². The highest BCUT2D eigenvalue weighted by molar-refractivity contribution is 7.80. The number of nitrogens with one attached hydrogen (secondary N) is 3. The highest BCUT2D eigenvalue weighted by Crippen LogP contribution is 2.17. The van der Waals surface area contributed by atoms with Crippen molar-refractivity contribution < 1.29 is 18.7 Å². The van der Waals surface area contributed by atoms with E-state index < -0.39 is 5.82 Å². The van der Waals surface area contributed by atoms with E-state index >= 15 is 0 Å². The molecule has 2 aromatic carbocycles. The van der Waals surface area contributed by atoms with Crippen LogP contribution in [0.4, 0.5) is 10.1 Å². The summed E-state index contributed by atoms with van der Waals surface area (Å²) in [5, 5.41) is 2.72. The molecule has 0 bridgehead atoms. The number of ether oxygens (including phenoxy) is 2. The number of halogens is 1. The largest absolute Gasteiger partial charge is 0.497 e. The number of amides is 1. The van der Waals surface area contributed by atoms with Gasteiger partial charge in [0, 0.05) is 0 Å². The predicted molar refractivity (Wildman–Crippen MR) is 97.0 cm³/mol. The van der Waals surface area contributed by atoms with Crippen molar-refractivity contribution in [1.29, 1.82) is 0 Å².